The van der Waals surface area contributed by atoms with E-state index in [-0.39, 0.29) is 37.3 Å². The number of alkyl halides is 3. The highest BCUT2D eigenvalue weighted by Crippen LogP contribution is 2.21. The van der Waals surface area contributed by atoms with Crippen LogP contribution in [0, 0.1) is 0 Å². The lowest BCUT2D eigenvalue weighted by molar-refractivity contribution is -0.212. The van der Waals surface area contributed by atoms with Crippen LogP contribution >= 0.6 is 11.8 Å². The molecule has 1 aromatic carbocycles. The molecule has 2 amide bonds. The molecule has 1 aliphatic heterocycles. The summed E-state index contributed by atoms with van der Waals surface area (Å²) in [4.78, 5) is 62.4. The molecule has 0 spiro atoms. The maximum atomic E-state index is 13.3. The first-order valence-corrected chi connectivity index (χ1v) is 14.5. The third kappa shape index (κ3) is 11.4. The number of carbonyl (C=O) groups is 4. The number of rotatable bonds is 13. The zero-order valence-electron chi connectivity index (χ0n) is 23.3. The second-order valence-electron chi connectivity index (χ2n) is 9.26. The standard InChI is InChI=1S/C25H34N4O5S.C2HF3O2/c1-33-25(32)22(12-14-35-2)29(23(30)11-10-19-7-4-3-5-8-19)34-17-21-9-6-13-28(21)24(31)15-20-16-26-18-27-20;3-2(4,5)1(6)7/h3-5,7-8,16,18,21-22H,6,9-15,17H2,1-2H3,(H,26,27);(H,6,7)/t21?,22-;/m0./s1. The normalized spacial score (nSPS) is 15.4. The van der Waals surface area contributed by atoms with Crippen LogP contribution < -0.4 is 0 Å². The van der Waals surface area contributed by atoms with Crippen LogP contribution in [0.25, 0.3) is 0 Å². The van der Waals surface area contributed by atoms with Gasteiger partial charge in [-0.05, 0) is 43.3 Å². The van der Waals surface area contributed by atoms with E-state index in [1.165, 1.54) is 12.2 Å². The molecule has 1 fully saturated rings. The van der Waals surface area contributed by atoms with Crippen LogP contribution in [0.5, 0.6) is 0 Å². The number of nitrogens with zero attached hydrogens (tertiary/aromatic N) is 3. The lowest BCUT2D eigenvalue weighted by atomic mass is 10.1. The number of H-pyrrole nitrogens is 1. The number of aryl methyl sites for hydroxylation is 1. The monoisotopic (exact) mass is 616 g/mol. The highest BCUT2D eigenvalue weighted by atomic mass is 32.2. The summed E-state index contributed by atoms with van der Waals surface area (Å²) < 4.78 is 36.7. The number of benzene rings is 1. The van der Waals surface area contributed by atoms with Gasteiger partial charge in [0.05, 0.1) is 32.5 Å². The number of aromatic amines is 1. The molecule has 42 heavy (non-hydrogen) atoms. The zero-order chi connectivity index (χ0) is 31.1. The second-order valence-corrected chi connectivity index (χ2v) is 10.2. The molecular weight excluding hydrogens is 581 g/mol. The van der Waals surface area contributed by atoms with Gasteiger partial charge in [-0.15, -0.1) is 0 Å². The molecule has 2 atom stereocenters. The minimum absolute atomic E-state index is 0.0193. The van der Waals surface area contributed by atoms with Crippen molar-refractivity contribution < 1.29 is 47.0 Å². The van der Waals surface area contributed by atoms with Gasteiger partial charge in [-0.3, -0.25) is 14.4 Å². The van der Waals surface area contributed by atoms with E-state index >= 15 is 0 Å². The number of thioether (sulfide) groups is 1. The third-order valence-corrected chi connectivity index (χ3v) is 6.95. The molecule has 1 aliphatic rings. The highest BCUT2D eigenvalue weighted by Gasteiger charge is 2.38. The summed E-state index contributed by atoms with van der Waals surface area (Å²) in [5.41, 5.74) is 1.79. The average Bonchev–Trinajstić information content (AvgIpc) is 3.66. The van der Waals surface area contributed by atoms with Gasteiger partial charge >= 0.3 is 18.1 Å². The molecule has 232 valence electrons. The van der Waals surface area contributed by atoms with Crippen molar-refractivity contribution in [1.29, 1.82) is 0 Å². The van der Waals surface area contributed by atoms with Crippen LogP contribution in [-0.4, -0.2) is 99.3 Å². The van der Waals surface area contributed by atoms with E-state index < -0.39 is 24.2 Å². The number of hydrogen-bond acceptors (Lipinski definition) is 8. The number of carboxylic acid groups (broad SMARTS) is 1. The number of likely N-dealkylation sites (tertiary alicyclic amines) is 1. The fourth-order valence-corrected chi connectivity index (χ4v) is 4.65. The molecule has 15 heteroatoms. The lowest BCUT2D eigenvalue weighted by Crippen LogP contribution is -2.48. The highest BCUT2D eigenvalue weighted by molar-refractivity contribution is 7.98. The van der Waals surface area contributed by atoms with Crippen LogP contribution in [0.1, 0.15) is 36.9 Å². The minimum Gasteiger partial charge on any atom is -0.475 e. The molecule has 1 unspecified atom stereocenters. The van der Waals surface area contributed by atoms with E-state index in [0.717, 1.165) is 24.1 Å². The molecule has 1 saturated heterocycles. The first-order valence-electron chi connectivity index (χ1n) is 13.1. The Balaban J connectivity index is 0.000000782. The lowest BCUT2D eigenvalue weighted by Gasteiger charge is -2.32. The molecular formula is C27H35F3N4O7S. The summed E-state index contributed by atoms with van der Waals surface area (Å²) >= 11 is 1.58. The number of esters is 1. The van der Waals surface area contributed by atoms with Crippen molar-refractivity contribution in [3.63, 3.8) is 0 Å². The number of hydroxylamine groups is 2. The Labute approximate surface area is 245 Å². The van der Waals surface area contributed by atoms with E-state index in [2.05, 4.69) is 9.97 Å². The minimum atomic E-state index is -5.08. The SMILES string of the molecule is COC(=O)[C@H](CCSC)N(OCC1CCCN1C(=O)Cc1cnc[nH]1)C(=O)CCc1ccccc1.O=C(O)C(F)(F)F. The van der Waals surface area contributed by atoms with Crippen LogP contribution in [-0.2, 0) is 41.6 Å². The number of amides is 2. The Hall–Kier alpha value is -3.59. The van der Waals surface area contributed by atoms with E-state index in [0.29, 0.717) is 25.1 Å². The van der Waals surface area contributed by atoms with Crippen molar-refractivity contribution in [2.24, 2.45) is 0 Å². The first kappa shape index (κ1) is 34.6. The smallest absolute Gasteiger partial charge is 0.475 e. The van der Waals surface area contributed by atoms with Crippen molar-refractivity contribution in [3.8, 4) is 0 Å². The molecule has 3 rings (SSSR count). The van der Waals surface area contributed by atoms with Crippen molar-refractivity contribution in [1.82, 2.24) is 19.9 Å². The van der Waals surface area contributed by atoms with Crippen LogP contribution in [0.2, 0.25) is 0 Å². The Kier molecular flexibility index (Phi) is 14.3. The Morgan fingerprint density at radius 3 is 2.50 bits per heavy atom. The maximum absolute atomic E-state index is 13.3. The summed E-state index contributed by atoms with van der Waals surface area (Å²) in [6, 6.07) is 8.70. The molecule has 0 radical (unpaired) electrons. The summed E-state index contributed by atoms with van der Waals surface area (Å²) in [6.07, 6.45) is 3.06. The number of hydrogen-bond donors (Lipinski definition) is 2. The number of imidazole rings is 1. The Morgan fingerprint density at radius 1 is 1.24 bits per heavy atom. The molecule has 2 heterocycles. The average molecular weight is 617 g/mol. The molecule has 11 nitrogen and oxygen atoms in total. The van der Waals surface area contributed by atoms with Gasteiger partial charge < -0.3 is 19.7 Å². The van der Waals surface area contributed by atoms with E-state index in [1.54, 1.807) is 29.2 Å². The molecule has 1 aromatic heterocycles. The van der Waals surface area contributed by atoms with Gasteiger partial charge in [0.1, 0.15) is 0 Å². The van der Waals surface area contributed by atoms with Gasteiger partial charge in [-0.25, -0.2) is 19.6 Å². The van der Waals surface area contributed by atoms with E-state index in [9.17, 15) is 27.6 Å². The summed E-state index contributed by atoms with van der Waals surface area (Å²) in [7, 11) is 1.31. The van der Waals surface area contributed by atoms with Crippen molar-refractivity contribution in [3.05, 3.63) is 54.1 Å². The number of carbonyl (C=O) groups excluding carboxylic acids is 3. The third-order valence-electron chi connectivity index (χ3n) is 6.31. The summed E-state index contributed by atoms with van der Waals surface area (Å²) in [5, 5.41) is 8.32. The predicted octanol–water partition coefficient (Wildman–Crippen LogP) is 3.26. The maximum Gasteiger partial charge on any atom is 0.490 e. The van der Waals surface area contributed by atoms with Crippen LogP contribution in [0.3, 0.4) is 0 Å². The number of aromatic nitrogens is 2. The molecule has 0 bridgehead atoms. The Bertz CT molecular complexity index is 1140. The molecule has 0 saturated carbocycles. The zero-order valence-corrected chi connectivity index (χ0v) is 24.2. The van der Waals surface area contributed by atoms with Crippen molar-refractivity contribution in [2.45, 2.75) is 56.8 Å². The van der Waals surface area contributed by atoms with Gasteiger partial charge in [-0.2, -0.15) is 24.9 Å². The van der Waals surface area contributed by atoms with E-state index in [1.807, 2.05) is 36.6 Å². The molecule has 0 aliphatic carbocycles. The fraction of sp³-hybridized carbons (Fsp3) is 0.519. The quantitative estimate of drug-likeness (QED) is 0.256. The molecule has 2 N–H and O–H groups in total. The largest absolute Gasteiger partial charge is 0.490 e. The van der Waals surface area contributed by atoms with Crippen LogP contribution in [0.15, 0.2) is 42.9 Å². The van der Waals surface area contributed by atoms with Gasteiger partial charge in [0.25, 0.3) is 0 Å². The number of nitrogens with one attached hydrogen (secondary N) is 1. The number of carboxylic acids is 1. The summed E-state index contributed by atoms with van der Waals surface area (Å²) in [5.74, 6) is -2.89. The number of halogens is 3. The molecule has 2 aromatic rings. The first-order chi connectivity index (χ1) is 20.0. The predicted molar refractivity (Wildman–Crippen MR) is 147 cm³/mol. The Morgan fingerprint density at radius 2 is 1.93 bits per heavy atom. The fourth-order valence-electron chi connectivity index (χ4n) is 4.19. The van der Waals surface area contributed by atoms with Gasteiger partial charge in [0, 0.05) is 24.9 Å². The van der Waals surface area contributed by atoms with Crippen LogP contribution in [0.4, 0.5) is 13.2 Å². The van der Waals surface area contributed by atoms with Gasteiger partial charge in [0.15, 0.2) is 6.04 Å². The summed E-state index contributed by atoms with van der Waals surface area (Å²) in [6.45, 7) is 0.772. The second kappa shape index (κ2) is 17.4. The van der Waals surface area contributed by atoms with E-state index in [4.69, 9.17) is 19.5 Å². The number of aliphatic carboxylic acids is 1. The van der Waals surface area contributed by atoms with Crippen molar-refractivity contribution in [2.75, 3.05) is 32.3 Å². The number of methoxy groups -OCH3 is 1. The number of ether oxygens (including phenoxy) is 1. The topological polar surface area (TPSA) is 142 Å². The van der Waals surface area contributed by atoms with Gasteiger partial charge in [-0.1, -0.05) is 30.3 Å². The van der Waals surface area contributed by atoms with Crippen molar-refractivity contribution >= 4 is 35.5 Å². The van der Waals surface area contributed by atoms with Gasteiger partial charge in [0.2, 0.25) is 11.8 Å².